The molecule has 0 aliphatic rings. The topological polar surface area (TPSA) is 102 Å². The second-order valence-electron chi connectivity index (χ2n) is 6.85. The quantitative estimate of drug-likeness (QED) is 0.179. The van der Waals surface area contributed by atoms with E-state index >= 15 is 0 Å². The average molecular weight is 582 g/mol. The van der Waals surface area contributed by atoms with Gasteiger partial charge in [0.2, 0.25) is 11.6 Å². The number of benzene rings is 1. The third-order valence-corrected chi connectivity index (χ3v) is 4.31. The van der Waals surface area contributed by atoms with Crippen molar-refractivity contribution in [3.05, 3.63) is 35.4 Å². The summed E-state index contributed by atoms with van der Waals surface area (Å²) in [7, 11) is 0. The van der Waals surface area contributed by atoms with Crippen LogP contribution in [0.4, 0.5) is 61.5 Å². The van der Waals surface area contributed by atoms with Crippen LogP contribution in [0, 0.1) is 0 Å². The first kappa shape index (κ1) is 32.3. The van der Waals surface area contributed by atoms with Gasteiger partial charge in [0.25, 0.3) is 23.1 Å². The van der Waals surface area contributed by atoms with E-state index in [9.17, 15) is 90.2 Å². The fourth-order valence-electron chi connectivity index (χ4n) is 2.17. The molecule has 0 fully saturated rings. The molecule has 0 radical (unpaired) electrons. The van der Waals surface area contributed by atoms with Gasteiger partial charge in [-0.3, -0.25) is 28.8 Å². The molecule has 0 aliphatic heterocycles. The summed E-state index contributed by atoms with van der Waals surface area (Å²) in [6, 6.07) is 0.226. The third kappa shape index (κ3) is 5.15. The van der Waals surface area contributed by atoms with Gasteiger partial charge in [-0.1, -0.05) is 24.3 Å². The minimum atomic E-state index is -7.12. The molecule has 0 unspecified atom stereocenters. The summed E-state index contributed by atoms with van der Waals surface area (Å²) in [6.45, 7) is 0. The van der Waals surface area contributed by atoms with E-state index in [4.69, 9.17) is 0 Å². The Kier molecular flexibility index (Phi) is 8.10. The van der Waals surface area contributed by atoms with Crippen molar-refractivity contribution in [2.24, 2.45) is 0 Å². The molecule has 0 bridgehead atoms. The third-order valence-electron chi connectivity index (χ3n) is 4.31. The minimum absolute atomic E-state index is 0.0566. The van der Waals surface area contributed by atoms with Gasteiger partial charge in [-0.2, -0.15) is 61.5 Å². The molecule has 1 aromatic rings. The Morgan fingerprint density at radius 2 is 0.632 bits per heavy atom. The van der Waals surface area contributed by atoms with Crippen LogP contribution in [0.3, 0.4) is 0 Å². The van der Waals surface area contributed by atoms with Crippen molar-refractivity contribution in [2.45, 2.75) is 36.0 Å². The Hall–Kier alpha value is -3.74. The Morgan fingerprint density at radius 1 is 0.421 bits per heavy atom. The SMILES string of the molecule is O=C(C(=O)c1ccc(C(=O)C(=O)C(=O)C(F)(F)C(F)(F)C(F)(F)F)cc1)C(=O)C(F)(F)C(F)(F)C(F)(F)F. The van der Waals surface area contributed by atoms with Crippen molar-refractivity contribution in [1.82, 2.24) is 0 Å². The lowest BCUT2D eigenvalue weighted by atomic mass is 9.95. The van der Waals surface area contributed by atoms with E-state index in [1.165, 1.54) is 0 Å². The summed E-state index contributed by atoms with van der Waals surface area (Å²) >= 11 is 0. The van der Waals surface area contributed by atoms with Gasteiger partial charge in [-0.25, -0.2) is 0 Å². The monoisotopic (exact) mass is 582 g/mol. The maximum Gasteiger partial charge on any atom is 0.460 e. The smallest absolute Gasteiger partial charge is 0.285 e. The van der Waals surface area contributed by atoms with E-state index in [1.807, 2.05) is 0 Å². The van der Waals surface area contributed by atoms with Gasteiger partial charge in [0.15, 0.2) is 0 Å². The molecule has 0 atom stereocenters. The van der Waals surface area contributed by atoms with E-state index in [0.717, 1.165) is 0 Å². The van der Waals surface area contributed by atoms with Gasteiger partial charge in [0, 0.05) is 11.1 Å². The Balaban J connectivity index is 3.21. The van der Waals surface area contributed by atoms with E-state index in [2.05, 4.69) is 0 Å². The van der Waals surface area contributed by atoms with Gasteiger partial charge in [0.1, 0.15) is 0 Å². The summed E-state index contributed by atoms with van der Waals surface area (Å²) in [6.07, 6.45) is -14.1. The first-order valence-corrected chi connectivity index (χ1v) is 8.69. The molecule has 0 saturated carbocycles. The number of alkyl halides is 14. The van der Waals surface area contributed by atoms with E-state index in [0.29, 0.717) is 0 Å². The largest absolute Gasteiger partial charge is 0.460 e. The average Bonchev–Trinajstić information content (AvgIpc) is 2.79. The van der Waals surface area contributed by atoms with E-state index in [-0.39, 0.29) is 24.3 Å². The molecule has 1 rings (SSSR count). The maximum absolute atomic E-state index is 13.3. The lowest BCUT2D eigenvalue weighted by Crippen LogP contribution is -2.58. The highest BCUT2D eigenvalue weighted by molar-refractivity contribution is 6.69. The van der Waals surface area contributed by atoms with Crippen LogP contribution in [0.1, 0.15) is 20.7 Å². The summed E-state index contributed by atoms with van der Waals surface area (Å²) in [4.78, 5) is 68.9. The van der Waals surface area contributed by atoms with Crippen molar-refractivity contribution >= 4 is 34.7 Å². The second kappa shape index (κ2) is 9.53. The lowest BCUT2D eigenvalue weighted by Gasteiger charge is -2.26. The van der Waals surface area contributed by atoms with Crippen LogP contribution in [-0.2, 0) is 19.2 Å². The number of hydrogen-bond donors (Lipinski definition) is 0. The van der Waals surface area contributed by atoms with Crippen LogP contribution >= 0.6 is 0 Å². The minimum Gasteiger partial charge on any atom is -0.285 e. The number of Topliss-reactive ketones (excluding diaryl/α,β-unsaturated/α-hetero) is 6. The summed E-state index contributed by atoms with van der Waals surface area (Å²) in [5.41, 5.74) is -2.70. The highest BCUT2D eigenvalue weighted by Crippen LogP contribution is 2.48. The molecule has 0 N–H and O–H groups in total. The van der Waals surface area contributed by atoms with Gasteiger partial charge >= 0.3 is 36.0 Å². The van der Waals surface area contributed by atoms with Crippen molar-refractivity contribution in [3.8, 4) is 0 Å². The first-order chi connectivity index (χ1) is 16.7. The zero-order valence-electron chi connectivity index (χ0n) is 17.1. The van der Waals surface area contributed by atoms with Crippen LogP contribution in [0.15, 0.2) is 24.3 Å². The van der Waals surface area contributed by atoms with Crippen LogP contribution in [-0.4, -0.2) is 70.7 Å². The molecule has 0 aromatic heterocycles. The number of rotatable bonds is 10. The molecule has 20 heteroatoms. The molecule has 0 amide bonds. The number of carbonyl (C=O) groups excluding carboxylic acids is 6. The summed E-state index contributed by atoms with van der Waals surface area (Å²) < 4.78 is 177. The molecule has 0 spiro atoms. The van der Waals surface area contributed by atoms with E-state index in [1.54, 1.807) is 0 Å². The fraction of sp³-hybridized carbons (Fsp3) is 0.333. The highest BCUT2D eigenvalue weighted by Gasteiger charge is 2.78. The molecule has 0 aliphatic carbocycles. The number of halogens is 14. The predicted molar refractivity (Wildman–Crippen MR) is 87.0 cm³/mol. The van der Waals surface area contributed by atoms with Crippen molar-refractivity contribution in [2.75, 3.05) is 0 Å². The predicted octanol–water partition coefficient (Wildman–Crippen LogP) is 3.99. The molecule has 210 valence electrons. The molecular weight excluding hydrogens is 578 g/mol. The zero-order valence-corrected chi connectivity index (χ0v) is 17.1. The molecule has 6 nitrogen and oxygen atoms in total. The standard InChI is InChI=1S/C18H4F14O6/c19-13(20,15(23,24)17(27,28)29)11(37)9(35)7(33)5-1-2-6(4-3-5)8(34)10(36)12(38)14(21,22)16(25,26)18(30,31)32/h1-4H. The molecular formula is C18H4F14O6. The Labute approximate surface area is 197 Å². The maximum atomic E-state index is 13.3. The second-order valence-corrected chi connectivity index (χ2v) is 6.85. The van der Waals surface area contributed by atoms with Crippen molar-refractivity contribution in [1.29, 1.82) is 0 Å². The Bertz CT molecular complexity index is 1100. The molecule has 1 aromatic carbocycles. The van der Waals surface area contributed by atoms with Crippen LogP contribution in [0.25, 0.3) is 0 Å². The fourth-order valence-corrected chi connectivity index (χ4v) is 2.17. The first-order valence-electron chi connectivity index (χ1n) is 8.69. The van der Waals surface area contributed by atoms with Crippen LogP contribution < -0.4 is 0 Å². The summed E-state index contributed by atoms with van der Waals surface area (Å²) in [5, 5.41) is 0. The van der Waals surface area contributed by atoms with E-state index < -0.39 is 81.9 Å². The number of hydrogen-bond acceptors (Lipinski definition) is 6. The van der Waals surface area contributed by atoms with Gasteiger partial charge in [-0.15, -0.1) is 0 Å². The summed E-state index contributed by atoms with van der Waals surface area (Å²) in [5.74, 6) is -46.8. The van der Waals surface area contributed by atoms with Crippen LogP contribution in [0.5, 0.6) is 0 Å². The van der Waals surface area contributed by atoms with Gasteiger partial charge in [-0.05, 0) is 0 Å². The van der Waals surface area contributed by atoms with Gasteiger partial charge in [0.05, 0.1) is 0 Å². The molecule has 0 heterocycles. The lowest BCUT2D eigenvalue weighted by molar-refractivity contribution is -0.342. The van der Waals surface area contributed by atoms with Gasteiger partial charge < -0.3 is 0 Å². The normalized spacial score (nSPS) is 13.6. The van der Waals surface area contributed by atoms with Crippen molar-refractivity contribution in [3.63, 3.8) is 0 Å². The van der Waals surface area contributed by atoms with Crippen molar-refractivity contribution < 1.29 is 90.2 Å². The Morgan fingerprint density at radius 3 is 0.816 bits per heavy atom. The number of carbonyl (C=O) groups is 6. The highest BCUT2D eigenvalue weighted by atomic mass is 19.4. The zero-order chi connectivity index (χ0) is 30.4. The van der Waals surface area contributed by atoms with Crippen LogP contribution in [0.2, 0.25) is 0 Å². The molecule has 0 saturated heterocycles. The number of ketones is 6. The molecule has 38 heavy (non-hydrogen) atoms.